The van der Waals surface area contributed by atoms with Crippen LogP contribution in [0.3, 0.4) is 0 Å². The molecule has 1 fully saturated rings. The second-order valence-electron chi connectivity index (χ2n) is 5.55. The number of anilines is 2. The Morgan fingerprint density at radius 3 is 2.48 bits per heavy atom. The monoisotopic (exact) mass is 286 g/mol. The third-order valence-corrected chi connectivity index (χ3v) is 4.10. The number of halogens is 1. The number of hydrogen-bond acceptors (Lipinski definition) is 3. The average Bonchev–Trinajstić information content (AvgIpc) is 2.45. The molecule has 4 N–H and O–H groups in total. The minimum Gasteiger partial charge on any atom is -0.397 e. The number of rotatable bonds is 4. The van der Waals surface area contributed by atoms with Crippen LogP contribution < -0.4 is 11.5 Å². The van der Waals surface area contributed by atoms with Crippen LogP contribution in [0, 0.1) is 5.82 Å². The van der Waals surface area contributed by atoms with Crippen LogP contribution >= 0.6 is 0 Å². The minimum absolute atomic E-state index is 0.106. The molecule has 1 aliphatic carbocycles. The quantitative estimate of drug-likeness (QED) is 0.846. The van der Waals surface area contributed by atoms with Gasteiger partial charge in [-0.05, 0) is 36.5 Å². The second kappa shape index (κ2) is 5.74. The number of benzene rings is 2. The standard InChI is InChI=1S/C17H19FN2O/c18-14-6-7-15(19)17(20)16(14)12-8-13(9-12)21-10-11-4-2-1-3-5-11/h1-7,12-13H,8-10,19-20H2/t12-,13+. The molecule has 4 heteroatoms. The highest BCUT2D eigenvalue weighted by atomic mass is 19.1. The Bertz CT molecular complexity index is 624. The fraction of sp³-hybridized carbons (Fsp3) is 0.294. The van der Waals surface area contributed by atoms with E-state index in [0.717, 1.165) is 18.4 Å². The first-order valence-corrected chi connectivity index (χ1v) is 7.14. The predicted octanol–water partition coefficient (Wildman–Crippen LogP) is 3.45. The van der Waals surface area contributed by atoms with Gasteiger partial charge in [-0.1, -0.05) is 30.3 Å². The van der Waals surface area contributed by atoms with Gasteiger partial charge in [0.1, 0.15) is 5.82 Å². The Hall–Kier alpha value is -2.07. The lowest BCUT2D eigenvalue weighted by atomic mass is 9.76. The second-order valence-corrected chi connectivity index (χ2v) is 5.55. The molecule has 0 saturated heterocycles. The summed E-state index contributed by atoms with van der Waals surface area (Å²) in [5, 5.41) is 0. The fourth-order valence-corrected chi connectivity index (χ4v) is 2.77. The smallest absolute Gasteiger partial charge is 0.128 e. The number of nitrogens with two attached hydrogens (primary N) is 2. The van der Waals surface area contributed by atoms with Crippen molar-refractivity contribution in [1.82, 2.24) is 0 Å². The molecule has 0 radical (unpaired) electrons. The lowest BCUT2D eigenvalue weighted by molar-refractivity contribution is -0.0211. The largest absolute Gasteiger partial charge is 0.397 e. The third kappa shape index (κ3) is 2.85. The first kappa shape index (κ1) is 13.9. The molecular weight excluding hydrogens is 267 g/mol. The van der Waals surface area contributed by atoms with Gasteiger partial charge in [0, 0.05) is 5.56 Å². The Balaban J connectivity index is 1.58. The normalized spacial score (nSPS) is 21.0. The molecule has 2 aromatic carbocycles. The van der Waals surface area contributed by atoms with E-state index in [4.69, 9.17) is 16.2 Å². The molecule has 3 rings (SSSR count). The van der Waals surface area contributed by atoms with Crippen LogP contribution in [0.15, 0.2) is 42.5 Å². The third-order valence-electron chi connectivity index (χ3n) is 4.10. The molecule has 0 spiro atoms. The van der Waals surface area contributed by atoms with Gasteiger partial charge in [0.2, 0.25) is 0 Å². The summed E-state index contributed by atoms with van der Waals surface area (Å²) in [7, 11) is 0. The van der Waals surface area contributed by atoms with Crippen LogP contribution in [0.5, 0.6) is 0 Å². The summed E-state index contributed by atoms with van der Waals surface area (Å²) in [6.45, 7) is 0.590. The van der Waals surface area contributed by atoms with Crippen molar-refractivity contribution in [3.63, 3.8) is 0 Å². The van der Waals surface area contributed by atoms with E-state index in [9.17, 15) is 4.39 Å². The Morgan fingerprint density at radius 1 is 1.05 bits per heavy atom. The Morgan fingerprint density at radius 2 is 1.76 bits per heavy atom. The zero-order valence-corrected chi connectivity index (χ0v) is 11.8. The van der Waals surface area contributed by atoms with Gasteiger partial charge in [0.15, 0.2) is 0 Å². The van der Waals surface area contributed by atoms with Gasteiger partial charge in [-0.3, -0.25) is 0 Å². The van der Waals surface area contributed by atoms with E-state index in [1.165, 1.54) is 12.1 Å². The van der Waals surface area contributed by atoms with E-state index in [0.29, 0.717) is 23.5 Å². The van der Waals surface area contributed by atoms with Crippen molar-refractivity contribution in [1.29, 1.82) is 0 Å². The van der Waals surface area contributed by atoms with E-state index in [2.05, 4.69) is 0 Å². The molecule has 1 aliphatic rings. The van der Waals surface area contributed by atoms with Crippen molar-refractivity contribution in [3.8, 4) is 0 Å². The molecule has 0 bridgehead atoms. The van der Waals surface area contributed by atoms with Gasteiger partial charge in [-0.25, -0.2) is 4.39 Å². The molecule has 2 aromatic rings. The van der Waals surface area contributed by atoms with Crippen LogP contribution in [0.1, 0.15) is 29.9 Å². The molecule has 0 unspecified atom stereocenters. The van der Waals surface area contributed by atoms with Crippen LogP contribution in [0.25, 0.3) is 0 Å². The summed E-state index contributed by atoms with van der Waals surface area (Å²) < 4.78 is 19.7. The molecule has 110 valence electrons. The summed E-state index contributed by atoms with van der Waals surface area (Å²) in [5.41, 5.74) is 14.2. The minimum atomic E-state index is -0.270. The van der Waals surface area contributed by atoms with E-state index < -0.39 is 0 Å². The van der Waals surface area contributed by atoms with Crippen molar-refractivity contribution < 1.29 is 9.13 Å². The molecule has 0 amide bonds. The van der Waals surface area contributed by atoms with Crippen molar-refractivity contribution in [2.45, 2.75) is 31.5 Å². The molecule has 0 aromatic heterocycles. The van der Waals surface area contributed by atoms with Crippen molar-refractivity contribution in [3.05, 3.63) is 59.4 Å². The topological polar surface area (TPSA) is 61.3 Å². The van der Waals surface area contributed by atoms with Crippen molar-refractivity contribution in [2.75, 3.05) is 11.5 Å². The zero-order valence-electron chi connectivity index (χ0n) is 11.8. The van der Waals surface area contributed by atoms with Crippen LogP contribution in [-0.4, -0.2) is 6.10 Å². The van der Waals surface area contributed by atoms with Gasteiger partial charge in [-0.2, -0.15) is 0 Å². The predicted molar refractivity (Wildman–Crippen MR) is 82.2 cm³/mol. The molecule has 0 atom stereocenters. The van der Waals surface area contributed by atoms with E-state index in [1.54, 1.807) is 0 Å². The SMILES string of the molecule is Nc1ccc(F)c([C@H]2C[C@@H](OCc3ccccc3)C2)c1N. The van der Waals surface area contributed by atoms with Gasteiger partial charge in [-0.15, -0.1) is 0 Å². The van der Waals surface area contributed by atoms with E-state index in [-0.39, 0.29) is 17.8 Å². The van der Waals surface area contributed by atoms with Gasteiger partial charge < -0.3 is 16.2 Å². The van der Waals surface area contributed by atoms with Crippen LogP contribution in [0.2, 0.25) is 0 Å². The van der Waals surface area contributed by atoms with Gasteiger partial charge in [0.25, 0.3) is 0 Å². The average molecular weight is 286 g/mol. The Labute approximate surface area is 123 Å². The lowest BCUT2D eigenvalue weighted by Crippen LogP contribution is -2.31. The number of hydrogen-bond donors (Lipinski definition) is 2. The molecular formula is C17H19FN2O. The first-order valence-electron chi connectivity index (χ1n) is 7.14. The van der Waals surface area contributed by atoms with Crippen molar-refractivity contribution >= 4 is 11.4 Å². The summed E-state index contributed by atoms with van der Waals surface area (Å²) in [5.74, 6) is -0.164. The van der Waals surface area contributed by atoms with Gasteiger partial charge in [0.05, 0.1) is 24.1 Å². The number of ether oxygens (including phenoxy) is 1. The maximum Gasteiger partial charge on any atom is 0.128 e. The maximum absolute atomic E-state index is 13.9. The maximum atomic E-state index is 13.9. The van der Waals surface area contributed by atoms with Crippen LogP contribution in [-0.2, 0) is 11.3 Å². The van der Waals surface area contributed by atoms with Crippen molar-refractivity contribution in [2.24, 2.45) is 0 Å². The van der Waals surface area contributed by atoms with Gasteiger partial charge >= 0.3 is 0 Å². The zero-order chi connectivity index (χ0) is 14.8. The highest BCUT2D eigenvalue weighted by Gasteiger charge is 2.34. The summed E-state index contributed by atoms with van der Waals surface area (Å²) >= 11 is 0. The van der Waals surface area contributed by atoms with E-state index >= 15 is 0 Å². The van der Waals surface area contributed by atoms with E-state index in [1.807, 2.05) is 30.3 Å². The summed E-state index contributed by atoms with van der Waals surface area (Å²) in [6.07, 6.45) is 1.74. The first-order chi connectivity index (χ1) is 10.1. The summed E-state index contributed by atoms with van der Waals surface area (Å²) in [6, 6.07) is 12.9. The number of nitrogen functional groups attached to an aromatic ring is 2. The molecule has 3 nitrogen and oxygen atoms in total. The molecule has 1 saturated carbocycles. The van der Waals surface area contributed by atoms with Crippen LogP contribution in [0.4, 0.5) is 15.8 Å². The molecule has 0 aliphatic heterocycles. The fourth-order valence-electron chi connectivity index (χ4n) is 2.77. The molecule has 21 heavy (non-hydrogen) atoms. The highest BCUT2D eigenvalue weighted by Crippen LogP contribution is 2.43. The lowest BCUT2D eigenvalue weighted by Gasteiger charge is -2.36. The summed E-state index contributed by atoms with van der Waals surface area (Å²) in [4.78, 5) is 0. The Kier molecular flexibility index (Phi) is 3.80. The highest BCUT2D eigenvalue weighted by molar-refractivity contribution is 5.68. The molecule has 0 heterocycles.